The summed E-state index contributed by atoms with van der Waals surface area (Å²) in [4.78, 5) is 8.35. The van der Waals surface area contributed by atoms with Crippen molar-refractivity contribution in [1.82, 2.24) is 9.97 Å². The lowest BCUT2D eigenvalue weighted by atomic mass is 10.2. The van der Waals surface area contributed by atoms with Gasteiger partial charge in [-0.05, 0) is 17.7 Å². The van der Waals surface area contributed by atoms with Gasteiger partial charge in [0.25, 0.3) is 0 Å². The van der Waals surface area contributed by atoms with Crippen LogP contribution in [0.15, 0.2) is 29.2 Å². The first-order valence-corrected chi connectivity index (χ1v) is 9.13. The van der Waals surface area contributed by atoms with E-state index in [0.717, 1.165) is 11.8 Å². The topological polar surface area (TPSA) is 163 Å². The molecule has 0 saturated heterocycles. The fraction of sp³-hybridized carbons (Fsp3) is 0.267. The van der Waals surface area contributed by atoms with Crippen LogP contribution in [0.2, 0.25) is 0 Å². The molecule has 10 nitrogen and oxygen atoms in total. The summed E-state index contributed by atoms with van der Waals surface area (Å²) in [6, 6.07) is 6.14. The van der Waals surface area contributed by atoms with E-state index < -0.39 is 10.0 Å². The normalized spacial score (nSPS) is 11.0. The molecule has 0 aliphatic carbocycles. The largest absolute Gasteiger partial charge is 0.461 e. The van der Waals surface area contributed by atoms with Crippen molar-refractivity contribution >= 4 is 27.9 Å². The van der Waals surface area contributed by atoms with Gasteiger partial charge in [-0.15, -0.1) is 0 Å². The van der Waals surface area contributed by atoms with E-state index in [9.17, 15) is 8.42 Å². The number of nitrogens with one attached hydrogen (secondary N) is 3. The minimum atomic E-state index is -3.74. The molecule has 1 aromatic carbocycles. The highest BCUT2D eigenvalue weighted by Gasteiger charge is 2.13. The van der Waals surface area contributed by atoms with Crippen molar-refractivity contribution in [2.75, 3.05) is 30.9 Å². The molecule has 0 bridgehead atoms. The number of primary sulfonamides is 1. The molecule has 26 heavy (non-hydrogen) atoms. The van der Waals surface area contributed by atoms with Crippen molar-refractivity contribution in [2.24, 2.45) is 5.14 Å². The highest BCUT2D eigenvalue weighted by Crippen LogP contribution is 2.22. The van der Waals surface area contributed by atoms with Gasteiger partial charge in [0.05, 0.1) is 17.1 Å². The Balaban J connectivity index is 2.23. The second-order valence-electron chi connectivity index (χ2n) is 5.13. The first-order valence-electron chi connectivity index (χ1n) is 7.58. The van der Waals surface area contributed by atoms with Crippen LogP contribution in [-0.4, -0.2) is 50.0 Å². The van der Waals surface area contributed by atoms with E-state index in [1.807, 2.05) is 0 Å². The number of hydrogen-bond acceptors (Lipinski definition) is 9. The van der Waals surface area contributed by atoms with E-state index in [2.05, 4.69) is 20.6 Å². The van der Waals surface area contributed by atoms with E-state index >= 15 is 0 Å². The summed E-state index contributed by atoms with van der Waals surface area (Å²) in [5.41, 5.74) is 1.22. The minimum absolute atomic E-state index is 0.0284. The van der Waals surface area contributed by atoms with Crippen LogP contribution in [0.4, 0.5) is 11.6 Å². The van der Waals surface area contributed by atoms with Crippen molar-refractivity contribution in [3.63, 3.8) is 0 Å². The molecule has 6 N–H and O–H groups in total. The Bertz CT molecular complexity index is 870. The maximum Gasteiger partial charge on any atom is 0.320 e. The standard InChI is InChI=1S/C15H20N6O4S/c1-18-13-12(8-16)14(21-15(20-13)25-7-6-22)19-9-10-2-4-11(5-3-10)26(17,23)24/h2-5,8,16,22H,6-7,9H2,1H3,(H2,17,23,24)(H2,18,19,20,21). The third-order valence-corrected chi connectivity index (χ3v) is 4.27. The maximum absolute atomic E-state index is 11.3. The third kappa shape index (κ3) is 4.88. The molecule has 0 atom stereocenters. The smallest absolute Gasteiger partial charge is 0.320 e. The van der Waals surface area contributed by atoms with Gasteiger partial charge in [-0.3, -0.25) is 0 Å². The van der Waals surface area contributed by atoms with Crippen LogP contribution in [0.1, 0.15) is 11.1 Å². The number of rotatable bonds is 9. The average molecular weight is 380 g/mol. The molecule has 0 aliphatic heterocycles. The number of hydrogen-bond donors (Lipinski definition) is 5. The minimum Gasteiger partial charge on any atom is -0.461 e. The van der Waals surface area contributed by atoms with E-state index in [1.54, 1.807) is 19.2 Å². The molecule has 2 rings (SSSR count). The van der Waals surface area contributed by atoms with Gasteiger partial charge in [0, 0.05) is 19.8 Å². The van der Waals surface area contributed by atoms with Gasteiger partial charge in [0.2, 0.25) is 10.0 Å². The van der Waals surface area contributed by atoms with Crippen LogP contribution in [0.3, 0.4) is 0 Å². The molecule has 0 radical (unpaired) electrons. The highest BCUT2D eigenvalue weighted by atomic mass is 32.2. The zero-order valence-corrected chi connectivity index (χ0v) is 14.9. The van der Waals surface area contributed by atoms with Crippen molar-refractivity contribution in [2.45, 2.75) is 11.4 Å². The molecular formula is C15H20N6O4S. The summed E-state index contributed by atoms with van der Waals surface area (Å²) in [6.45, 7) is 0.191. The Morgan fingerprint density at radius 3 is 2.46 bits per heavy atom. The Hall–Kier alpha value is -2.76. The second-order valence-corrected chi connectivity index (χ2v) is 6.69. The Labute approximate surface area is 151 Å². The SMILES string of the molecule is CNc1nc(OCCO)nc(NCc2ccc(S(N)(=O)=O)cc2)c1C=N. The average Bonchev–Trinajstić information content (AvgIpc) is 2.63. The van der Waals surface area contributed by atoms with Crippen LogP contribution in [0, 0.1) is 5.41 Å². The fourth-order valence-corrected chi connectivity index (χ4v) is 2.61. The molecule has 0 amide bonds. The van der Waals surface area contributed by atoms with Gasteiger partial charge in [-0.1, -0.05) is 12.1 Å². The van der Waals surface area contributed by atoms with Crippen LogP contribution in [-0.2, 0) is 16.6 Å². The maximum atomic E-state index is 11.3. The Morgan fingerprint density at radius 2 is 1.92 bits per heavy atom. The summed E-state index contributed by atoms with van der Waals surface area (Å²) in [5.74, 6) is 0.762. The molecule has 2 aromatic rings. The van der Waals surface area contributed by atoms with Crippen molar-refractivity contribution in [1.29, 1.82) is 5.41 Å². The third-order valence-electron chi connectivity index (χ3n) is 3.34. The zero-order valence-electron chi connectivity index (χ0n) is 14.1. The number of sulfonamides is 1. The molecule has 0 unspecified atom stereocenters. The van der Waals surface area contributed by atoms with Crippen molar-refractivity contribution < 1.29 is 18.3 Å². The number of anilines is 2. The number of aliphatic hydroxyl groups is 1. The molecule has 0 aliphatic rings. The number of benzene rings is 1. The van der Waals surface area contributed by atoms with E-state index in [0.29, 0.717) is 23.7 Å². The molecule has 140 valence electrons. The van der Waals surface area contributed by atoms with Gasteiger partial charge in [0.1, 0.15) is 18.2 Å². The summed E-state index contributed by atoms with van der Waals surface area (Å²) >= 11 is 0. The van der Waals surface area contributed by atoms with Gasteiger partial charge in [-0.2, -0.15) is 9.97 Å². The van der Waals surface area contributed by atoms with E-state index in [1.165, 1.54) is 12.1 Å². The summed E-state index contributed by atoms with van der Waals surface area (Å²) in [5, 5.41) is 27.4. The van der Waals surface area contributed by atoms with Crippen LogP contribution in [0.5, 0.6) is 6.01 Å². The van der Waals surface area contributed by atoms with Crippen LogP contribution >= 0.6 is 0 Å². The second kappa shape index (κ2) is 8.56. The molecular weight excluding hydrogens is 360 g/mol. The lowest BCUT2D eigenvalue weighted by Gasteiger charge is -2.14. The van der Waals surface area contributed by atoms with Crippen LogP contribution < -0.4 is 20.5 Å². The van der Waals surface area contributed by atoms with Crippen molar-refractivity contribution in [3.8, 4) is 6.01 Å². The van der Waals surface area contributed by atoms with Gasteiger partial charge < -0.3 is 25.9 Å². The van der Waals surface area contributed by atoms with Gasteiger partial charge in [0.15, 0.2) is 0 Å². The van der Waals surface area contributed by atoms with E-state index in [4.69, 9.17) is 20.4 Å². The predicted octanol–water partition coefficient (Wildman–Crippen LogP) is 0.147. The molecule has 1 aromatic heterocycles. The Morgan fingerprint density at radius 1 is 1.27 bits per heavy atom. The van der Waals surface area contributed by atoms with Gasteiger partial charge in [-0.25, -0.2) is 13.6 Å². The quantitative estimate of drug-likeness (QED) is 0.384. The number of aliphatic hydroxyl groups excluding tert-OH is 1. The fourth-order valence-electron chi connectivity index (χ4n) is 2.10. The van der Waals surface area contributed by atoms with Crippen molar-refractivity contribution in [3.05, 3.63) is 35.4 Å². The lowest BCUT2D eigenvalue weighted by Crippen LogP contribution is -2.13. The predicted molar refractivity (Wildman–Crippen MR) is 97.2 cm³/mol. The summed E-state index contributed by atoms with van der Waals surface area (Å²) in [6.07, 6.45) is 1.11. The summed E-state index contributed by atoms with van der Waals surface area (Å²) < 4.78 is 27.8. The number of nitrogens with zero attached hydrogens (tertiary/aromatic N) is 2. The van der Waals surface area contributed by atoms with Crippen LogP contribution in [0.25, 0.3) is 0 Å². The molecule has 0 spiro atoms. The lowest BCUT2D eigenvalue weighted by molar-refractivity contribution is 0.192. The number of nitrogens with two attached hydrogens (primary N) is 1. The molecule has 1 heterocycles. The van der Waals surface area contributed by atoms with E-state index in [-0.39, 0.29) is 24.1 Å². The number of ether oxygens (including phenoxy) is 1. The zero-order chi connectivity index (χ0) is 19.2. The first-order chi connectivity index (χ1) is 12.4. The first kappa shape index (κ1) is 19.6. The molecule has 11 heteroatoms. The highest BCUT2D eigenvalue weighted by molar-refractivity contribution is 7.89. The molecule has 0 fully saturated rings. The Kier molecular flexibility index (Phi) is 6.44. The summed E-state index contributed by atoms with van der Waals surface area (Å²) in [7, 11) is -2.08. The number of aromatic nitrogens is 2. The van der Waals surface area contributed by atoms with Gasteiger partial charge >= 0.3 is 6.01 Å². The monoisotopic (exact) mass is 380 g/mol. The molecule has 0 saturated carbocycles.